The van der Waals surface area contributed by atoms with Gasteiger partial charge < -0.3 is 15.7 Å². The maximum atomic E-state index is 11.9. The van der Waals surface area contributed by atoms with E-state index in [9.17, 15) is 19.5 Å². The third kappa shape index (κ3) is 4.83. The third-order valence-corrected chi connectivity index (χ3v) is 3.68. The van der Waals surface area contributed by atoms with Gasteiger partial charge in [0.2, 0.25) is 11.8 Å². The molecule has 3 N–H and O–H groups in total. The quantitative estimate of drug-likeness (QED) is 0.654. The zero-order chi connectivity index (χ0) is 15.0. The van der Waals surface area contributed by atoms with Crippen LogP contribution in [0.5, 0.6) is 0 Å². The number of hydrogen-bond acceptors (Lipinski definition) is 3. The Labute approximate surface area is 119 Å². The SMILES string of the molecule is CCNC(=O)CCCC(=O)NC1(C(=O)O)CCCCC1. The van der Waals surface area contributed by atoms with Crippen molar-refractivity contribution in [1.82, 2.24) is 10.6 Å². The van der Waals surface area contributed by atoms with E-state index >= 15 is 0 Å². The molecule has 1 aliphatic rings. The second-order valence-electron chi connectivity index (χ2n) is 5.30. The molecule has 0 radical (unpaired) electrons. The molecule has 0 aromatic heterocycles. The molecule has 1 saturated carbocycles. The van der Waals surface area contributed by atoms with Crippen LogP contribution in [-0.2, 0) is 14.4 Å². The van der Waals surface area contributed by atoms with Crippen LogP contribution in [-0.4, -0.2) is 35.0 Å². The average molecular weight is 284 g/mol. The number of nitrogens with one attached hydrogen (secondary N) is 2. The number of aliphatic carboxylic acids is 1. The first-order chi connectivity index (χ1) is 9.50. The standard InChI is InChI=1S/C14H24N2O4/c1-2-15-11(17)7-6-8-12(18)16-14(13(19)20)9-4-3-5-10-14/h2-10H2,1H3,(H,15,17)(H,16,18)(H,19,20). The van der Waals surface area contributed by atoms with Gasteiger partial charge in [-0.1, -0.05) is 19.3 Å². The summed E-state index contributed by atoms with van der Waals surface area (Å²) < 4.78 is 0. The van der Waals surface area contributed by atoms with Crippen molar-refractivity contribution in [2.75, 3.05) is 6.54 Å². The molecule has 1 aliphatic carbocycles. The van der Waals surface area contributed by atoms with Crippen LogP contribution in [0.15, 0.2) is 0 Å². The van der Waals surface area contributed by atoms with Crippen LogP contribution in [0.25, 0.3) is 0 Å². The summed E-state index contributed by atoms with van der Waals surface area (Å²) in [6.07, 6.45) is 4.56. The molecule has 1 fully saturated rings. The Kier molecular flexibility index (Phi) is 6.48. The fourth-order valence-electron chi connectivity index (χ4n) is 2.57. The van der Waals surface area contributed by atoms with Gasteiger partial charge in [0.15, 0.2) is 0 Å². The lowest BCUT2D eigenvalue weighted by Gasteiger charge is -2.34. The second-order valence-corrected chi connectivity index (χ2v) is 5.30. The van der Waals surface area contributed by atoms with Crippen molar-refractivity contribution in [1.29, 1.82) is 0 Å². The van der Waals surface area contributed by atoms with Gasteiger partial charge in [0.1, 0.15) is 5.54 Å². The maximum Gasteiger partial charge on any atom is 0.329 e. The highest BCUT2D eigenvalue weighted by atomic mass is 16.4. The normalized spacial score (nSPS) is 17.2. The highest BCUT2D eigenvalue weighted by Gasteiger charge is 2.40. The zero-order valence-corrected chi connectivity index (χ0v) is 12.0. The molecule has 0 spiro atoms. The summed E-state index contributed by atoms with van der Waals surface area (Å²) >= 11 is 0. The molecule has 0 unspecified atom stereocenters. The molecule has 0 saturated heterocycles. The van der Waals surface area contributed by atoms with E-state index < -0.39 is 11.5 Å². The van der Waals surface area contributed by atoms with E-state index in [2.05, 4.69) is 10.6 Å². The van der Waals surface area contributed by atoms with Crippen LogP contribution < -0.4 is 10.6 Å². The van der Waals surface area contributed by atoms with Crippen molar-refractivity contribution in [3.63, 3.8) is 0 Å². The van der Waals surface area contributed by atoms with Crippen molar-refractivity contribution in [3.05, 3.63) is 0 Å². The van der Waals surface area contributed by atoms with Crippen LogP contribution in [0.4, 0.5) is 0 Å². The van der Waals surface area contributed by atoms with Crippen LogP contribution in [0.1, 0.15) is 58.3 Å². The van der Waals surface area contributed by atoms with Gasteiger partial charge >= 0.3 is 5.97 Å². The van der Waals surface area contributed by atoms with Gasteiger partial charge in [0.05, 0.1) is 0 Å². The molecule has 0 aromatic carbocycles. The predicted octanol–water partition coefficient (Wildman–Crippen LogP) is 1.20. The fourth-order valence-corrected chi connectivity index (χ4v) is 2.57. The van der Waals surface area contributed by atoms with Gasteiger partial charge in [0, 0.05) is 19.4 Å². The van der Waals surface area contributed by atoms with Crippen LogP contribution in [0.2, 0.25) is 0 Å². The van der Waals surface area contributed by atoms with Crippen molar-refractivity contribution >= 4 is 17.8 Å². The number of carboxylic acids is 1. The molecule has 6 heteroatoms. The summed E-state index contributed by atoms with van der Waals surface area (Å²) in [6, 6.07) is 0. The first kappa shape index (κ1) is 16.5. The van der Waals surface area contributed by atoms with Gasteiger partial charge in [-0.3, -0.25) is 9.59 Å². The lowest BCUT2D eigenvalue weighted by Crippen LogP contribution is -2.55. The summed E-state index contributed by atoms with van der Waals surface area (Å²) in [6.45, 7) is 2.41. The van der Waals surface area contributed by atoms with Crippen molar-refractivity contribution in [3.8, 4) is 0 Å². The number of rotatable bonds is 7. The van der Waals surface area contributed by atoms with Crippen LogP contribution in [0, 0.1) is 0 Å². The Morgan fingerprint density at radius 2 is 1.65 bits per heavy atom. The van der Waals surface area contributed by atoms with E-state index in [4.69, 9.17) is 0 Å². The molecule has 0 heterocycles. The Balaban J connectivity index is 2.39. The zero-order valence-electron chi connectivity index (χ0n) is 12.0. The Morgan fingerprint density at radius 1 is 1.05 bits per heavy atom. The van der Waals surface area contributed by atoms with E-state index in [0.29, 0.717) is 32.2 Å². The average Bonchev–Trinajstić information content (AvgIpc) is 2.39. The second kappa shape index (κ2) is 7.87. The summed E-state index contributed by atoms with van der Waals surface area (Å²) in [4.78, 5) is 34.5. The van der Waals surface area contributed by atoms with Gasteiger partial charge in [-0.2, -0.15) is 0 Å². The molecule has 0 aliphatic heterocycles. The van der Waals surface area contributed by atoms with Crippen molar-refractivity contribution in [2.45, 2.75) is 63.8 Å². The molecule has 0 aromatic rings. The minimum absolute atomic E-state index is 0.0779. The molecule has 114 valence electrons. The molecule has 1 rings (SSSR count). The highest BCUT2D eigenvalue weighted by molar-refractivity contribution is 5.87. The van der Waals surface area contributed by atoms with E-state index in [1.807, 2.05) is 6.92 Å². The monoisotopic (exact) mass is 284 g/mol. The number of carbonyl (C=O) groups is 3. The molecule has 0 atom stereocenters. The number of carbonyl (C=O) groups excluding carboxylic acids is 2. The molecular formula is C14H24N2O4. The van der Waals surface area contributed by atoms with E-state index in [1.54, 1.807) is 0 Å². The Hall–Kier alpha value is -1.59. The summed E-state index contributed by atoms with van der Waals surface area (Å²) in [7, 11) is 0. The van der Waals surface area contributed by atoms with E-state index in [1.165, 1.54) is 0 Å². The van der Waals surface area contributed by atoms with Gasteiger partial charge in [0.25, 0.3) is 0 Å². The lowest BCUT2D eigenvalue weighted by molar-refractivity contribution is -0.149. The summed E-state index contributed by atoms with van der Waals surface area (Å²) in [5, 5.41) is 14.7. The largest absolute Gasteiger partial charge is 0.480 e. The van der Waals surface area contributed by atoms with Crippen molar-refractivity contribution in [2.24, 2.45) is 0 Å². The third-order valence-electron chi connectivity index (χ3n) is 3.68. The number of amides is 2. The summed E-state index contributed by atoms with van der Waals surface area (Å²) in [5.41, 5.74) is -1.10. The molecule has 6 nitrogen and oxygen atoms in total. The first-order valence-corrected chi connectivity index (χ1v) is 7.31. The molecule has 0 bridgehead atoms. The van der Waals surface area contributed by atoms with Gasteiger partial charge in [-0.15, -0.1) is 0 Å². The van der Waals surface area contributed by atoms with Gasteiger partial charge in [-0.25, -0.2) is 4.79 Å². The van der Waals surface area contributed by atoms with E-state index in [-0.39, 0.29) is 18.2 Å². The highest BCUT2D eigenvalue weighted by Crippen LogP contribution is 2.28. The molecule has 20 heavy (non-hydrogen) atoms. The lowest BCUT2D eigenvalue weighted by atomic mass is 9.81. The van der Waals surface area contributed by atoms with Gasteiger partial charge in [-0.05, 0) is 26.2 Å². The van der Waals surface area contributed by atoms with Crippen molar-refractivity contribution < 1.29 is 19.5 Å². The molecular weight excluding hydrogens is 260 g/mol. The maximum absolute atomic E-state index is 11.9. The topological polar surface area (TPSA) is 95.5 Å². The van der Waals surface area contributed by atoms with Crippen LogP contribution in [0.3, 0.4) is 0 Å². The number of carboxylic acid groups (broad SMARTS) is 1. The predicted molar refractivity (Wildman–Crippen MR) is 74.1 cm³/mol. The molecule has 2 amide bonds. The smallest absolute Gasteiger partial charge is 0.329 e. The minimum atomic E-state index is -1.10. The van der Waals surface area contributed by atoms with Crippen LogP contribution >= 0.6 is 0 Å². The minimum Gasteiger partial charge on any atom is -0.480 e. The van der Waals surface area contributed by atoms with E-state index in [0.717, 1.165) is 19.3 Å². The fraction of sp³-hybridized carbons (Fsp3) is 0.786. The first-order valence-electron chi connectivity index (χ1n) is 7.31. The Bertz CT molecular complexity index is 362. The Morgan fingerprint density at radius 3 is 2.20 bits per heavy atom. The number of hydrogen-bond donors (Lipinski definition) is 3. The summed E-state index contributed by atoms with van der Waals surface area (Å²) in [5.74, 6) is -1.31.